The molecule has 2 heterocycles. The van der Waals surface area contributed by atoms with E-state index in [1.807, 2.05) is 0 Å². The van der Waals surface area contributed by atoms with Crippen molar-refractivity contribution < 1.29 is 13.6 Å². The molecule has 3 aromatic rings. The number of amides is 1. The van der Waals surface area contributed by atoms with Crippen LogP contribution in [-0.2, 0) is 17.6 Å². The molecule has 2 aromatic heterocycles. The molecule has 0 radical (unpaired) electrons. The number of nitrogens with one attached hydrogen (secondary N) is 1. The van der Waals surface area contributed by atoms with Gasteiger partial charge in [0.15, 0.2) is 5.82 Å². The van der Waals surface area contributed by atoms with Crippen LogP contribution in [-0.4, -0.2) is 15.3 Å². The average molecular weight is 357 g/mol. The highest BCUT2D eigenvalue weighted by Gasteiger charge is 2.21. The Labute approximate surface area is 150 Å². The molecule has 0 atom stereocenters. The predicted molar refractivity (Wildman–Crippen MR) is 97.0 cm³/mol. The van der Waals surface area contributed by atoms with Gasteiger partial charge in [-0.3, -0.25) is 9.20 Å². The minimum Gasteiger partial charge on any atom is -0.309 e. The van der Waals surface area contributed by atoms with Gasteiger partial charge in [-0.25, -0.2) is 13.8 Å². The zero-order chi connectivity index (χ0) is 18.9. The van der Waals surface area contributed by atoms with E-state index in [0.29, 0.717) is 23.4 Å². The summed E-state index contributed by atoms with van der Waals surface area (Å²) in [7, 11) is 0. The molecule has 1 aromatic carbocycles. The number of benzene rings is 1. The number of imidazole rings is 1. The van der Waals surface area contributed by atoms with Gasteiger partial charge in [0.1, 0.15) is 17.3 Å². The topological polar surface area (TPSA) is 46.4 Å². The number of carbonyl (C=O) groups is 1. The lowest BCUT2D eigenvalue weighted by Gasteiger charge is -2.18. The summed E-state index contributed by atoms with van der Waals surface area (Å²) in [6, 6.07) is 8.71. The largest absolute Gasteiger partial charge is 0.309 e. The van der Waals surface area contributed by atoms with Crippen LogP contribution in [0.2, 0.25) is 0 Å². The molecule has 6 heteroatoms. The van der Waals surface area contributed by atoms with Crippen molar-refractivity contribution in [2.24, 2.45) is 5.41 Å². The van der Waals surface area contributed by atoms with Crippen LogP contribution in [0.1, 0.15) is 32.0 Å². The number of hydrogen-bond acceptors (Lipinski definition) is 2. The van der Waals surface area contributed by atoms with E-state index in [0.717, 1.165) is 5.69 Å². The maximum absolute atomic E-state index is 13.7. The van der Waals surface area contributed by atoms with Gasteiger partial charge in [0.05, 0.1) is 12.1 Å². The summed E-state index contributed by atoms with van der Waals surface area (Å²) in [5.74, 6) is -0.536. The smallest absolute Gasteiger partial charge is 0.229 e. The van der Waals surface area contributed by atoms with Crippen molar-refractivity contribution in [1.82, 2.24) is 9.38 Å². The number of hydrogen-bond donors (Lipinski definition) is 1. The second-order valence-corrected chi connectivity index (χ2v) is 7.57. The number of aromatic nitrogens is 2. The van der Waals surface area contributed by atoms with E-state index in [9.17, 15) is 13.6 Å². The number of pyridine rings is 1. The molecule has 0 saturated carbocycles. The third-order valence-corrected chi connectivity index (χ3v) is 3.91. The fourth-order valence-corrected chi connectivity index (χ4v) is 2.80. The number of fused-ring (bicyclic) bond motifs is 1. The molecular formula is C20H21F2N3O. The Morgan fingerprint density at radius 3 is 2.38 bits per heavy atom. The number of anilines is 1. The SMILES string of the molecule is CC(C)(C)Cc1c(NC(=O)Cc2ccc(F)cc2)nc2ccc(F)cn12. The Kier molecular flexibility index (Phi) is 4.76. The summed E-state index contributed by atoms with van der Waals surface area (Å²) >= 11 is 0. The van der Waals surface area contributed by atoms with Crippen LogP contribution in [0, 0.1) is 17.0 Å². The van der Waals surface area contributed by atoms with E-state index < -0.39 is 0 Å². The lowest BCUT2D eigenvalue weighted by molar-refractivity contribution is -0.115. The first-order valence-electron chi connectivity index (χ1n) is 8.42. The molecule has 0 unspecified atom stereocenters. The molecule has 4 nitrogen and oxygen atoms in total. The lowest BCUT2D eigenvalue weighted by atomic mass is 9.90. The average Bonchev–Trinajstić information content (AvgIpc) is 2.85. The first kappa shape index (κ1) is 18.0. The molecular weight excluding hydrogens is 336 g/mol. The van der Waals surface area contributed by atoms with Crippen molar-refractivity contribution in [2.75, 3.05) is 5.32 Å². The molecule has 0 bridgehead atoms. The quantitative estimate of drug-likeness (QED) is 0.753. The van der Waals surface area contributed by atoms with Crippen molar-refractivity contribution in [3.8, 4) is 0 Å². The molecule has 0 aliphatic carbocycles. The number of halogens is 2. The van der Waals surface area contributed by atoms with Crippen molar-refractivity contribution in [2.45, 2.75) is 33.6 Å². The van der Waals surface area contributed by atoms with E-state index in [1.54, 1.807) is 22.6 Å². The van der Waals surface area contributed by atoms with Gasteiger partial charge in [0.2, 0.25) is 5.91 Å². The van der Waals surface area contributed by atoms with Crippen LogP contribution in [0.15, 0.2) is 42.6 Å². The third-order valence-electron chi connectivity index (χ3n) is 3.91. The molecule has 1 amide bonds. The van der Waals surface area contributed by atoms with Crippen LogP contribution < -0.4 is 5.32 Å². The summed E-state index contributed by atoms with van der Waals surface area (Å²) in [6.07, 6.45) is 2.10. The minimum absolute atomic E-state index is 0.0707. The summed E-state index contributed by atoms with van der Waals surface area (Å²) in [5.41, 5.74) is 1.96. The summed E-state index contributed by atoms with van der Waals surface area (Å²) in [5, 5.41) is 2.82. The monoisotopic (exact) mass is 357 g/mol. The predicted octanol–water partition coefficient (Wildman–Crippen LogP) is 4.38. The van der Waals surface area contributed by atoms with Crippen LogP contribution >= 0.6 is 0 Å². The molecule has 3 rings (SSSR count). The maximum atomic E-state index is 13.7. The second kappa shape index (κ2) is 6.86. The number of nitrogens with zero attached hydrogens (tertiary/aromatic N) is 2. The highest BCUT2D eigenvalue weighted by Crippen LogP contribution is 2.27. The minimum atomic E-state index is -0.366. The van der Waals surface area contributed by atoms with Gasteiger partial charge in [0, 0.05) is 6.20 Å². The fraction of sp³-hybridized carbons (Fsp3) is 0.300. The van der Waals surface area contributed by atoms with Crippen LogP contribution in [0.4, 0.5) is 14.6 Å². The Hall–Kier alpha value is -2.76. The molecule has 0 aliphatic rings. The fourth-order valence-electron chi connectivity index (χ4n) is 2.80. The normalized spacial score (nSPS) is 11.7. The van der Waals surface area contributed by atoms with Gasteiger partial charge in [-0.2, -0.15) is 0 Å². The van der Waals surface area contributed by atoms with Crippen LogP contribution in [0.3, 0.4) is 0 Å². The summed E-state index contributed by atoms with van der Waals surface area (Å²) < 4.78 is 28.3. The highest BCUT2D eigenvalue weighted by atomic mass is 19.1. The molecule has 0 aliphatic heterocycles. The molecule has 0 spiro atoms. The van der Waals surface area contributed by atoms with Crippen molar-refractivity contribution in [3.63, 3.8) is 0 Å². The van der Waals surface area contributed by atoms with Gasteiger partial charge in [0.25, 0.3) is 0 Å². The molecule has 0 saturated heterocycles. The third kappa shape index (κ3) is 4.25. The number of carbonyl (C=O) groups excluding carboxylic acids is 1. The molecule has 1 N–H and O–H groups in total. The van der Waals surface area contributed by atoms with Crippen LogP contribution in [0.25, 0.3) is 5.65 Å². The molecule has 0 fully saturated rings. The molecule has 136 valence electrons. The zero-order valence-electron chi connectivity index (χ0n) is 15.0. The van der Waals surface area contributed by atoms with Crippen molar-refractivity contribution >= 4 is 17.4 Å². The maximum Gasteiger partial charge on any atom is 0.229 e. The van der Waals surface area contributed by atoms with Crippen molar-refractivity contribution in [3.05, 3.63) is 65.5 Å². The van der Waals surface area contributed by atoms with E-state index in [-0.39, 0.29) is 29.4 Å². The van der Waals surface area contributed by atoms with Crippen molar-refractivity contribution in [1.29, 1.82) is 0 Å². The standard InChI is InChI=1S/C20H21F2N3O/c1-20(2,3)11-16-19(23-17-9-8-15(22)12-25(16)17)24-18(26)10-13-4-6-14(21)7-5-13/h4-9,12H,10-11H2,1-3H3,(H,24,26). The zero-order valence-corrected chi connectivity index (χ0v) is 15.0. The van der Waals surface area contributed by atoms with Gasteiger partial charge in [-0.05, 0) is 41.7 Å². The van der Waals surface area contributed by atoms with Gasteiger partial charge < -0.3 is 5.32 Å². The highest BCUT2D eigenvalue weighted by molar-refractivity contribution is 5.92. The Bertz CT molecular complexity index is 940. The first-order valence-corrected chi connectivity index (χ1v) is 8.42. The molecule has 26 heavy (non-hydrogen) atoms. The summed E-state index contributed by atoms with van der Waals surface area (Å²) in [4.78, 5) is 16.8. The van der Waals surface area contributed by atoms with Crippen LogP contribution in [0.5, 0.6) is 0 Å². The van der Waals surface area contributed by atoms with Gasteiger partial charge in [-0.1, -0.05) is 32.9 Å². The lowest BCUT2D eigenvalue weighted by Crippen LogP contribution is -2.18. The van der Waals surface area contributed by atoms with Gasteiger partial charge >= 0.3 is 0 Å². The summed E-state index contributed by atoms with van der Waals surface area (Å²) in [6.45, 7) is 6.20. The second-order valence-electron chi connectivity index (χ2n) is 7.57. The van der Waals surface area contributed by atoms with E-state index >= 15 is 0 Å². The van der Waals surface area contributed by atoms with E-state index in [2.05, 4.69) is 31.1 Å². The Morgan fingerprint density at radius 2 is 1.73 bits per heavy atom. The Morgan fingerprint density at radius 1 is 1.08 bits per heavy atom. The van der Waals surface area contributed by atoms with E-state index in [1.165, 1.54) is 24.4 Å². The Balaban J connectivity index is 1.89. The first-order chi connectivity index (χ1) is 12.2. The number of rotatable bonds is 4. The van der Waals surface area contributed by atoms with E-state index in [4.69, 9.17) is 0 Å². The van der Waals surface area contributed by atoms with Gasteiger partial charge in [-0.15, -0.1) is 0 Å².